The third kappa shape index (κ3) is 9.64. The molecule has 0 saturated heterocycles. The molecule has 0 atom stereocenters. The van der Waals surface area contributed by atoms with E-state index in [1.807, 2.05) is 19.1 Å². The van der Waals surface area contributed by atoms with Crippen molar-refractivity contribution in [2.24, 2.45) is 0 Å². The van der Waals surface area contributed by atoms with Crippen LogP contribution < -0.4 is 13.8 Å². The van der Waals surface area contributed by atoms with Crippen LogP contribution in [-0.2, 0) is 26.0 Å². The molecule has 0 unspecified atom stereocenters. The number of aliphatic carboxylic acids is 1. The smallest absolute Gasteiger partial charge is 0.371 e. The first-order valence-electron chi connectivity index (χ1n) is 12.7. The van der Waals surface area contributed by atoms with Crippen molar-refractivity contribution in [3.05, 3.63) is 59.4 Å². The molecule has 8 nitrogen and oxygen atoms in total. The van der Waals surface area contributed by atoms with Gasteiger partial charge in [-0.15, -0.1) is 0 Å². The van der Waals surface area contributed by atoms with E-state index in [2.05, 4.69) is 6.92 Å². The van der Waals surface area contributed by atoms with E-state index in [0.717, 1.165) is 24.8 Å². The summed E-state index contributed by atoms with van der Waals surface area (Å²) >= 11 is 0. The monoisotopic (exact) mass is 533 g/mol. The summed E-state index contributed by atoms with van der Waals surface area (Å²) in [5.74, 6) is -0.0252. The van der Waals surface area contributed by atoms with Crippen molar-refractivity contribution >= 4 is 27.8 Å². The summed E-state index contributed by atoms with van der Waals surface area (Å²) in [6, 6.07) is 12.7. The van der Waals surface area contributed by atoms with E-state index in [-0.39, 0.29) is 18.1 Å². The third-order valence-electron chi connectivity index (χ3n) is 5.65. The average molecular weight is 534 g/mol. The second-order valence-corrected chi connectivity index (χ2v) is 10.7. The summed E-state index contributed by atoms with van der Waals surface area (Å²) < 4.78 is 43.3. The molecule has 0 aliphatic carbocycles. The van der Waals surface area contributed by atoms with E-state index in [1.165, 1.54) is 10.4 Å². The van der Waals surface area contributed by atoms with Crippen LogP contribution in [0, 0.1) is 0 Å². The minimum absolute atomic E-state index is 0.135. The number of rotatable bonds is 17. The molecule has 0 heterocycles. The van der Waals surface area contributed by atoms with Crippen LogP contribution in [0.25, 0.3) is 6.08 Å². The van der Waals surface area contributed by atoms with Gasteiger partial charge in [-0.1, -0.05) is 44.9 Å². The molecule has 0 amide bonds. The predicted octanol–water partition coefficient (Wildman–Crippen LogP) is 5.52. The summed E-state index contributed by atoms with van der Waals surface area (Å²) in [7, 11) is -1.75. The number of carboxylic acid groups (broad SMARTS) is 1. The number of carbonyl (C=O) groups is 1. The lowest BCUT2D eigenvalue weighted by Gasteiger charge is -2.19. The van der Waals surface area contributed by atoms with Gasteiger partial charge in [0.25, 0.3) is 0 Å². The highest BCUT2D eigenvalue weighted by Crippen LogP contribution is 2.30. The minimum Gasteiger partial charge on any atom is -0.490 e. The summed E-state index contributed by atoms with van der Waals surface area (Å²) in [4.78, 5) is 11.4. The molecule has 0 radical (unpaired) electrons. The molecule has 9 heteroatoms. The quantitative estimate of drug-likeness (QED) is 0.162. The zero-order chi connectivity index (χ0) is 27.3. The van der Waals surface area contributed by atoms with Gasteiger partial charge in [0.1, 0.15) is 0 Å². The van der Waals surface area contributed by atoms with E-state index in [4.69, 9.17) is 14.2 Å². The van der Waals surface area contributed by atoms with Crippen LogP contribution in [0.4, 0.5) is 5.69 Å². The third-order valence-corrected chi connectivity index (χ3v) is 7.50. The van der Waals surface area contributed by atoms with Gasteiger partial charge in [0.2, 0.25) is 15.8 Å². The van der Waals surface area contributed by atoms with Crippen LogP contribution in [0.2, 0.25) is 0 Å². The van der Waals surface area contributed by atoms with Crippen molar-refractivity contribution in [2.75, 3.05) is 36.9 Å². The second-order valence-electron chi connectivity index (χ2n) is 8.56. The highest BCUT2D eigenvalue weighted by molar-refractivity contribution is 7.92. The molecule has 37 heavy (non-hydrogen) atoms. The molecule has 0 aromatic heterocycles. The van der Waals surface area contributed by atoms with Gasteiger partial charge >= 0.3 is 5.97 Å². The Morgan fingerprint density at radius 3 is 2.24 bits per heavy atom. The van der Waals surface area contributed by atoms with Gasteiger partial charge in [-0.05, 0) is 61.2 Å². The lowest BCUT2D eigenvalue weighted by Crippen LogP contribution is -2.28. The Balaban J connectivity index is 2.08. The van der Waals surface area contributed by atoms with Crippen molar-refractivity contribution in [1.29, 1.82) is 0 Å². The summed E-state index contributed by atoms with van der Waals surface area (Å²) in [5.41, 5.74) is 2.28. The Kier molecular flexibility index (Phi) is 12.3. The van der Waals surface area contributed by atoms with Gasteiger partial charge in [-0.25, -0.2) is 13.2 Å². The Bertz CT molecular complexity index is 1130. The molecule has 0 spiro atoms. The van der Waals surface area contributed by atoms with Crippen LogP contribution in [0.15, 0.2) is 48.2 Å². The number of benzene rings is 2. The topological polar surface area (TPSA) is 102 Å². The second kappa shape index (κ2) is 15.1. The molecule has 2 aromatic rings. The first-order chi connectivity index (χ1) is 17.7. The zero-order valence-corrected chi connectivity index (χ0v) is 23.1. The maximum absolute atomic E-state index is 12.4. The highest BCUT2D eigenvalue weighted by atomic mass is 32.2. The van der Waals surface area contributed by atoms with Crippen LogP contribution in [0.5, 0.6) is 11.5 Å². The van der Waals surface area contributed by atoms with Gasteiger partial charge in [-0.2, -0.15) is 0 Å². The molecular formula is C28H39NO7S. The largest absolute Gasteiger partial charge is 0.490 e. The van der Waals surface area contributed by atoms with Gasteiger partial charge in [-0.3, -0.25) is 4.31 Å². The fourth-order valence-electron chi connectivity index (χ4n) is 3.42. The lowest BCUT2D eigenvalue weighted by atomic mass is 10.1. The number of hydrogen-bond acceptors (Lipinski definition) is 6. The van der Waals surface area contributed by atoms with Gasteiger partial charge in [0, 0.05) is 13.5 Å². The van der Waals surface area contributed by atoms with Crippen molar-refractivity contribution < 1.29 is 32.5 Å². The van der Waals surface area contributed by atoms with Gasteiger partial charge in [0.15, 0.2) is 11.5 Å². The van der Waals surface area contributed by atoms with Crippen molar-refractivity contribution in [2.45, 2.75) is 52.9 Å². The first kappa shape index (κ1) is 30.0. The fraction of sp³-hybridized carbons (Fsp3) is 0.464. The molecule has 2 aromatic carbocycles. The highest BCUT2D eigenvalue weighted by Gasteiger charge is 2.17. The number of carboxylic acids is 1. The van der Waals surface area contributed by atoms with Crippen molar-refractivity contribution in [3.63, 3.8) is 0 Å². The maximum Gasteiger partial charge on any atom is 0.371 e. The summed E-state index contributed by atoms with van der Waals surface area (Å²) in [6.07, 6.45) is 5.41. The normalized spacial score (nSPS) is 11.7. The summed E-state index contributed by atoms with van der Waals surface area (Å²) in [5, 5.41) is 9.33. The maximum atomic E-state index is 12.4. The molecular weight excluding hydrogens is 494 g/mol. The van der Waals surface area contributed by atoms with Crippen molar-refractivity contribution in [3.8, 4) is 11.5 Å². The molecule has 1 N–H and O–H groups in total. The van der Waals surface area contributed by atoms with Gasteiger partial charge < -0.3 is 19.3 Å². The van der Waals surface area contributed by atoms with Crippen LogP contribution in [-0.4, -0.2) is 52.1 Å². The Morgan fingerprint density at radius 2 is 1.62 bits per heavy atom. The van der Waals surface area contributed by atoms with Gasteiger partial charge in [0.05, 0.1) is 31.3 Å². The van der Waals surface area contributed by atoms with Crippen LogP contribution >= 0.6 is 0 Å². The standard InChI is InChI=1S/C28H39NO7S/c1-5-8-17-35-26-20-23(21-27(28(30)31)34-7-3)12-15-25(26)36-18-16-22-10-13-24(14-11-22)29(4)37(32,33)19-9-6-2/h10-15,20-21H,5-9,16-19H2,1-4H3,(H,30,31). The predicted molar refractivity (Wildman–Crippen MR) is 147 cm³/mol. The Morgan fingerprint density at radius 1 is 0.946 bits per heavy atom. The zero-order valence-electron chi connectivity index (χ0n) is 22.2. The number of ether oxygens (including phenoxy) is 3. The van der Waals surface area contributed by atoms with E-state index in [9.17, 15) is 18.3 Å². The molecule has 0 fully saturated rings. The summed E-state index contributed by atoms with van der Waals surface area (Å²) in [6.45, 7) is 6.94. The van der Waals surface area contributed by atoms with E-state index in [0.29, 0.717) is 48.8 Å². The number of anilines is 1. The van der Waals surface area contributed by atoms with Crippen LogP contribution in [0.3, 0.4) is 0 Å². The lowest BCUT2D eigenvalue weighted by molar-refractivity contribution is -0.136. The van der Waals surface area contributed by atoms with Crippen LogP contribution in [0.1, 0.15) is 57.6 Å². The Labute approximate surface area is 220 Å². The average Bonchev–Trinajstić information content (AvgIpc) is 2.88. The first-order valence-corrected chi connectivity index (χ1v) is 14.4. The number of nitrogens with zero attached hydrogens (tertiary/aromatic N) is 1. The minimum atomic E-state index is -3.33. The molecule has 0 saturated carbocycles. The van der Waals surface area contributed by atoms with Crippen molar-refractivity contribution in [1.82, 2.24) is 0 Å². The Hall–Kier alpha value is -3.20. The SMILES string of the molecule is CCCCOc1cc(C=C(OCC)C(=O)O)ccc1OCCc1ccc(N(C)S(=O)(=O)CCCC)cc1. The molecule has 0 aliphatic heterocycles. The molecule has 0 aliphatic rings. The van der Waals surface area contributed by atoms with E-state index < -0.39 is 16.0 Å². The molecule has 204 valence electrons. The van der Waals surface area contributed by atoms with E-state index >= 15 is 0 Å². The molecule has 2 rings (SSSR count). The molecule has 0 bridgehead atoms. The number of unbranched alkanes of at least 4 members (excludes halogenated alkanes) is 2. The fourth-order valence-corrected chi connectivity index (χ4v) is 4.79. The number of sulfonamides is 1. The number of hydrogen-bond donors (Lipinski definition) is 1. The van der Waals surface area contributed by atoms with E-state index in [1.54, 1.807) is 44.3 Å².